The van der Waals surface area contributed by atoms with Crippen LogP contribution in [0.25, 0.3) is 0 Å². The van der Waals surface area contributed by atoms with E-state index in [9.17, 15) is 0 Å². The molecule has 0 unspecified atom stereocenters. The van der Waals surface area contributed by atoms with Crippen molar-refractivity contribution in [1.29, 1.82) is 5.41 Å². The van der Waals surface area contributed by atoms with Gasteiger partial charge < -0.3 is 16.4 Å². The highest BCUT2D eigenvalue weighted by Crippen LogP contribution is 2.15. The van der Waals surface area contributed by atoms with Crippen LogP contribution in [0.5, 0.6) is 0 Å². The first-order valence-electron chi connectivity index (χ1n) is 6.36. The molecular formula is C16H18N4. The van der Waals surface area contributed by atoms with Gasteiger partial charge in [-0.25, -0.2) is 0 Å². The Hall–Kier alpha value is -2.75. The fourth-order valence-corrected chi connectivity index (χ4v) is 1.69. The minimum Gasteiger partial charge on any atom is -0.384 e. The topological polar surface area (TPSA) is 73.9 Å². The summed E-state index contributed by atoms with van der Waals surface area (Å²) in [6.07, 6.45) is 0. The zero-order valence-electron chi connectivity index (χ0n) is 11.4. The maximum absolute atomic E-state index is 7.60. The van der Waals surface area contributed by atoms with Gasteiger partial charge in [-0.1, -0.05) is 36.4 Å². The van der Waals surface area contributed by atoms with Crippen molar-refractivity contribution < 1.29 is 0 Å². The Labute approximate surface area is 118 Å². The third kappa shape index (κ3) is 3.62. The molecule has 4 heteroatoms. The standard InChI is InChI=1S/C16H18N4/c1-12(15(17)18)16(19-13-8-4-2-5-9-13)20-14-10-6-3-7-11-14/h2-11,19-20H,1H3,(H3,17,18). The normalized spacial score (nSPS) is 9.65. The number of hydrogen-bond acceptors (Lipinski definition) is 3. The van der Waals surface area contributed by atoms with Crippen molar-refractivity contribution in [3.05, 3.63) is 72.1 Å². The van der Waals surface area contributed by atoms with E-state index in [1.807, 2.05) is 67.6 Å². The van der Waals surface area contributed by atoms with Gasteiger partial charge in [0.2, 0.25) is 0 Å². The van der Waals surface area contributed by atoms with E-state index in [-0.39, 0.29) is 5.84 Å². The van der Waals surface area contributed by atoms with Crippen LogP contribution in [0.1, 0.15) is 6.92 Å². The second-order valence-electron chi connectivity index (χ2n) is 4.40. The molecule has 0 aromatic heterocycles. The number of rotatable bonds is 5. The van der Waals surface area contributed by atoms with Crippen LogP contribution >= 0.6 is 0 Å². The number of nitrogens with one attached hydrogen (secondary N) is 3. The average molecular weight is 266 g/mol. The first-order chi connectivity index (χ1) is 9.66. The highest BCUT2D eigenvalue weighted by molar-refractivity contribution is 5.95. The lowest BCUT2D eigenvalue weighted by Crippen LogP contribution is -2.20. The van der Waals surface area contributed by atoms with Crippen LogP contribution in [0.2, 0.25) is 0 Å². The maximum atomic E-state index is 7.60. The zero-order chi connectivity index (χ0) is 14.4. The van der Waals surface area contributed by atoms with Gasteiger partial charge in [-0.3, -0.25) is 5.41 Å². The summed E-state index contributed by atoms with van der Waals surface area (Å²) in [6.45, 7) is 1.81. The summed E-state index contributed by atoms with van der Waals surface area (Å²) >= 11 is 0. The molecule has 0 atom stereocenters. The monoisotopic (exact) mass is 266 g/mol. The van der Waals surface area contributed by atoms with E-state index in [0.29, 0.717) is 11.4 Å². The molecule has 2 aromatic rings. The third-order valence-corrected chi connectivity index (χ3v) is 2.87. The Morgan fingerprint density at radius 3 is 1.60 bits per heavy atom. The largest absolute Gasteiger partial charge is 0.384 e. The highest BCUT2D eigenvalue weighted by Gasteiger charge is 2.06. The second-order valence-corrected chi connectivity index (χ2v) is 4.40. The third-order valence-electron chi connectivity index (χ3n) is 2.87. The SMILES string of the molecule is CC(C(=N)N)=C(Nc1ccccc1)Nc1ccccc1. The summed E-state index contributed by atoms with van der Waals surface area (Å²) in [5.41, 5.74) is 8.13. The molecule has 0 aliphatic heterocycles. The minimum absolute atomic E-state index is 0.0341. The smallest absolute Gasteiger partial charge is 0.122 e. The molecule has 0 saturated carbocycles. The van der Waals surface area contributed by atoms with Gasteiger partial charge in [-0.2, -0.15) is 0 Å². The Morgan fingerprint density at radius 2 is 1.25 bits per heavy atom. The second kappa shape index (κ2) is 6.43. The molecule has 2 aromatic carbocycles. The fraction of sp³-hybridized carbons (Fsp3) is 0.0625. The molecule has 0 aliphatic carbocycles. The number of anilines is 2. The zero-order valence-corrected chi connectivity index (χ0v) is 11.4. The van der Waals surface area contributed by atoms with Gasteiger partial charge >= 0.3 is 0 Å². The lowest BCUT2D eigenvalue weighted by atomic mass is 10.2. The summed E-state index contributed by atoms with van der Waals surface area (Å²) in [5, 5.41) is 14.1. The maximum Gasteiger partial charge on any atom is 0.122 e. The van der Waals surface area contributed by atoms with Gasteiger partial charge in [-0.15, -0.1) is 0 Å². The van der Waals surface area contributed by atoms with E-state index in [2.05, 4.69) is 10.6 Å². The summed E-state index contributed by atoms with van der Waals surface area (Å²) in [7, 11) is 0. The predicted octanol–water partition coefficient (Wildman–Crippen LogP) is 3.38. The summed E-state index contributed by atoms with van der Waals surface area (Å²) in [6, 6.07) is 19.5. The van der Waals surface area contributed by atoms with Crippen LogP contribution in [-0.2, 0) is 0 Å². The molecule has 2 rings (SSSR count). The quantitative estimate of drug-likeness (QED) is 0.495. The Kier molecular flexibility index (Phi) is 4.39. The molecule has 20 heavy (non-hydrogen) atoms. The molecular weight excluding hydrogens is 248 g/mol. The van der Waals surface area contributed by atoms with Crippen LogP contribution in [0.15, 0.2) is 72.1 Å². The number of nitrogens with two attached hydrogens (primary N) is 1. The highest BCUT2D eigenvalue weighted by atomic mass is 15.1. The fourth-order valence-electron chi connectivity index (χ4n) is 1.69. The molecule has 4 nitrogen and oxygen atoms in total. The van der Waals surface area contributed by atoms with Crippen molar-refractivity contribution in [1.82, 2.24) is 0 Å². The number of hydrogen-bond donors (Lipinski definition) is 4. The average Bonchev–Trinajstić information content (AvgIpc) is 2.48. The summed E-state index contributed by atoms with van der Waals surface area (Å²) < 4.78 is 0. The lowest BCUT2D eigenvalue weighted by Gasteiger charge is -2.16. The van der Waals surface area contributed by atoms with Crippen LogP contribution in [0, 0.1) is 5.41 Å². The van der Waals surface area contributed by atoms with Gasteiger partial charge in [0.05, 0.1) is 0 Å². The van der Waals surface area contributed by atoms with Crippen molar-refractivity contribution in [2.24, 2.45) is 5.73 Å². The molecule has 5 N–H and O–H groups in total. The Morgan fingerprint density at radius 1 is 0.850 bits per heavy atom. The number of benzene rings is 2. The van der Waals surface area contributed by atoms with E-state index in [1.165, 1.54) is 0 Å². The van der Waals surface area contributed by atoms with Crippen LogP contribution in [0.4, 0.5) is 11.4 Å². The molecule has 0 spiro atoms. The van der Waals surface area contributed by atoms with Crippen molar-refractivity contribution >= 4 is 17.2 Å². The molecule has 0 fully saturated rings. The Bertz CT molecular complexity index is 559. The van der Waals surface area contributed by atoms with Gasteiger partial charge in [-0.05, 0) is 31.2 Å². The first-order valence-corrected chi connectivity index (χ1v) is 6.36. The lowest BCUT2D eigenvalue weighted by molar-refractivity contribution is 1.27. The van der Waals surface area contributed by atoms with E-state index in [1.54, 1.807) is 0 Å². The van der Waals surface area contributed by atoms with Crippen molar-refractivity contribution in [3.8, 4) is 0 Å². The molecule has 0 bridgehead atoms. The van der Waals surface area contributed by atoms with Crippen molar-refractivity contribution in [2.45, 2.75) is 6.92 Å². The van der Waals surface area contributed by atoms with Crippen molar-refractivity contribution in [2.75, 3.05) is 10.6 Å². The minimum atomic E-state index is 0.0341. The predicted molar refractivity (Wildman–Crippen MR) is 84.7 cm³/mol. The van der Waals surface area contributed by atoms with Gasteiger partial charge in [0.15, 0.2) is 0 Å². The van der Waals surface area contributed by atoms with E-state index in [4.69, 9.17) is 11.1 Å². The van der Waals surface area contributed by atoms with Crippen LogP contribution in [0.3, 0.4) is 0 Å². The molecule has 0 aliphatic rings. The van der Waals surface area contributed by atoms with Crippen LogP contribution in [-0.4, -0.2) is 5.84 Å². The molecule has 102 valence electrons. The van der Waals surface area contributed by atoms with Gasteiger partial charge in [0, 0.05) is 16.9 Å². The van der Waals surface area contributed by atoms with E-state index >= 15 is 0 Å². The van der Waals surface area contributed by atoms with Crippen molar-refractivity contribution in [3.63, 3.8) is 0 Å². The van der Waals surface area contributed by atoms with Gasteiger partial charge in [0.25, 0.3) is 0 Å². The molecule has 0 radical (unpaired) electrons. The number of amidine groups is 1. The summed E-state index contributed by atoms with van der Waals surface area (Å²) in [5.74, 6) is 0.738. The molecule has 0 heterocycles. The van der Waals surface area contributed by atoms with Gasteiger partial charge in [0.1, 0.15) is 11.7 Å². The first kappa shape index (κ1) is 13.7. The van der Waals surface area contributed by atoms with E-state index < -0.39 is 0 Å². The van der Waals surface area contributed by atoms with Crippen LogP contribution < -0.4 is 16.4 Å². The van der Waals surface area contributed by atoms with E-state index in [0.717, 1.165) is 11.4 Å². The summed E-state index contributed by atoms with van der Waals surface area (Å²) in [4.78, 5) is 0. The Balaban J connectivity index is 2.27. The molecule has 0 saturated heterocycles. The molecule has 0 amide bonds. The number of para-hydroxylation sites is 2.